The molecule has 84 valence electrons. The summed E-state index contributed by atoms with van der Waals surface area (Å²) in [7, 11) is 0. The van der Waals surface area contributed by atoms with E-state index in [1.807, 2.05) is 17.7 Å². The van der Waals surface area contributed by atoms with Gasteiger partial charge >= 0.3 is 0 Å². The standard InChI is InChI=1S/C11H13FN4/c1-2-16-6-5-14-11(16)10(13)9-4-3-8(12)7-15-9/h3-7,10H,2,13H2,1H3. The van der Waals surface area contributed by atoms with Gasteiger partial charge in [0.05, 0.1) is 11.9 Å². The molecule has 0 radical (unpaired) electrons. The Balaban J connectivity index is 2.31. The molecule has 0 fully saturated rings. The first-order valence-electron chi connectivity index (χ1n) is 5.10. The highest BCUT2D eigenvalue weighted by atomic mass is 19.1. The van der Waals surface area contributed by atoms with Gasteiger partial charge in [-0.15, -0.1) is 0 Å². The first-order chi connectivity index (χ1) is 7.72. The van der Waals surface area contributed by atoms with E-state index in [1.165, 1.54) is 6.07 Å². The topological polar surface area (TPSA) is 56.7 Å². The van der Waals surface area contributed by atoms with Crippen molar-refractivity contribution in [2.75, 3.05) is 0 Å². The molecule has 0 aliphatic rings. The number of pyridine rings is 1. The number of nitrogens with two attached hydrogens (primary N) is 1. The zero-order valence-corrected chi connectivity index (χ0v) is 8.97. The van der Waals surface area contributed by atoms with Gasteiger partial charge in [-0.05, 0) is 19.1 Å². The molecule has 0 bridgehead atoms. The maximum atomic E-state index is 12.7. The zero-order chi connectivity index (χ0) is 11.5. The lowest BCUT2D eigenvalue weighted by Gasteiger charge is -2.12. The van der Waals surface area contributed by atoms with E-state index in [4.69, 9.17) is 5.73 Å². The van der Waals surface area contributed by atoms with Crippen molar-refractivity contribution in [2.24, 2.45) is 5.73 Å². The minimum atomic E-state index is -0.421. The molecule has 2 rings (SSSR count). The third-order valence-corrected chi connectivity index (χ3v) is 2.44. The Kier molecular flexibility index (Phi) is 2.96. The fourth-order valence-electron chi connectivity index (χ4n) is 1.57. The highest BCUT2D eigenvalue weighted by molar-refractivity contribution is 5.17. The lowest BCUT2D eigenvalue weighted by Crippen LogP contribution is -2.18. The first-order valence-corrected chi connectivity index (χ1v) is 5.10. The van der Waals surface area contributed by atoms with Gasteiger partial charge in [0.2, 0.25) is 0 Å². The van der Waals surface area contributed by atoms with Crippen LogP contribution in [0, 0.1) is 5.82 Å². The number of aromatic nitrogens is 3. The maximum absolute atomic E-state index is 12.7. The summed E-state index contributed by atoms with van der Waals surface area (Å²) in [6.07, 6.45) is 4.72. The molecule has 1 unspecified atom stereocenters. The number of aryl methyl sites for hydroxylation is 1. The largest absolute Gasteiger partial charge is 0.334 e. The molecule has 0 amide bonds. The third kappa shape index (κ3) is 1.94. The van der Waals surface area contributed by atoms with Crippen LogP contribution in [0.2, 0.25) is 0 Å². The van der Waals surface area contributed by atoms with Gasteiger partial charge in [-0.1, -0.05) is 0 Å². The minimum absolute atomic E-state index is 0.366. The van der Waals surface area contributed by atoms with Crippen molar-refractivity contribution in [3.8, 4) is 0 Å². The van der Waals surface area contributed by atoms with E-state index in [-0.39, 0.29) is 5.82 Å². The molecule has 0 saturated carbocycles. The van der Waals surface area contributed by atoms with Gasteiger partial charge in [-0.2, -0.15) is 0 Å². The zero-order valence-electron chi connectivity index (χ0n) is 8.97. The van der Waals surface area contributed by atoms with Crippen LogP contribution in [-0.4, -0.2) is 14.5 Å². The second kappa shape index (κ2) is 4.40. The Hall–Kier alpha value is -1.75. The Morgan fingerprint density at radius 3 is 2.88 bits per heavy atom. The van der Waals surface area contributed by atoms with Crippen LogP contribution in [0.15, 0.2) is 30.7 Å². The lowest BCUT2D eigenvalue weighted by molar-refractivity contribution is 0.610. The van der Waals surface area contributed by atoms with Gasteiger partial charge in [0, 0.05) is 18.9 Å². The maximum Gasteiger partial charge on any atom is 0.141 e. The van der Waals surface area contributed by atoms with Crippen LogP contribution in [0.25, 0.3) is 0 Å². The normalized spacial score (nSPS) is 12.7. The van der Waals surface area contributed by atoms with E-state index in [9.17, 15) is 4.39 Å². The monoisotopic (exact) mass is 220 g/mol. The number of hydrogen-bond donors (Lipinski definition) is 1. The summed E-state index contributed by atoms with van der Waals surface area (Å²) < 4.78 is 14.7. The van der Waals surface area contributed by atoms with Crippen molar-refractivity contribution in [1.29, 1.82) is 0 Å². The quantitative estimate of drug-likeness (QED) is 0.852. The Morgan fingerprint density at radius 1 is 1.44 bits per heavy atom. The van der Waals surface area contributed by atoms with Crippen LogP contribution in [0.4, 0.5) is 4.39 Å². The Morgan fingerprint density at radius 2 is 2.25 bits per heavy atom. The molecule has 2 aromatic rings. The molecule has 0 spiro atoms. The molecule has 0 aliphatic carbocycles. The molecule has 4 nitrogen and oxygen atoms in total. The van der Waals surface area contributed by atoms with Crippen molar-refractivity contribution in [1.82, 2.24) is 14.5 Å². The highest BCUT2D eigenvalue weighted by Crippen LogP contribution is 2.15. The van der Waals surface area contributed by atoms with Gasteiger partial charge in [0.25, 0.3) is 0 Å². The van der Waals surface area contributed by atoms with Crippen LogP contribution in [0.1, 0.15) is 24.5 Å². The van der Waals surface area contributed by atoms with Crippen LogP contribution >= 0.6 is 0 Å². The van der Waals surface area contributed by atoms with E-state index >= 15 is 0 Å². The van der Waals surface area contributed by atoms with E-state index in [0.717, 1.165) is 18.6 Å². The van der Waals surface area contributed by atoms with Gasteiger partial charge in [-0.25, -0.2) is 9.37 Å². The van der Waals surface area contributed by atoms with Crippen LogP contribution in [-0.2, 0) is 6.54 Å². The average Bonchev–Trinajstić information content (AvgIpc) is 2.77. The predicted molar refractivity (Wildman–Crippen MR) is 58.1 cm³/mol. The van der Waals surface area contributed by atoms with Gasteiger partial charge in [0.1, 0.15) is 17.7 Å². The first kappa shape index (κ1) is 10.8. The van der Waals surface area contributed by atoms with E-state index in [1.54, 1.807) is 12.3 Å². The molecule has 0 saturated heterocycles. The molecule has 2 aromatic heterocycles. The number of imidazole rings is 1. The van der Waals surface area contributed by atoms with Crippen molar-refractivity contribution in [3.05, 3.63) is 48.1 Å². The number of rotatable bonds is 3. The van der Waals surface area contributed by atoms with Crippen LogP contribution in [0.3, 0.4) is 0 Å². The fraction of sp³-hybridized carbons (Fsp3) is 0.273. The lowest BCUT2D eigenvalue weighted by atomic mass is 10.2. The minimum Gasteiger partial charge on any atom is -0.334 e. The number of hydrogen-bond acceptors (Lipinski definition) is 3. The van der Waals surface area contributed by atoms with Gasteiger partial charge in [-0.3, -0.25) is 4.98 Å². The van der Waals surface area contributed by atoms with Crippen molar-refractivity contribution >= 4 is 0 Å². The second-order valence-corrected chi connectivity index (χ2v) is 3.45. The number of halogens is 1. The highest BCUT2D eigenvalue weighted by Gasteiger charge is 2.15. The van der Waals surface area contributed by atoms with E-state index < -0.39 is 6.04 Å². The summed E-state index contributed by atoms with van der Waals surface area (Å²) in [6.45, 7) is 2.81. The van der Waals surface area contributed by atoms with Crippen LogP contribution in [0.5, 0.6) is 0 Å². The van der Waals surface area contributed by atoms with Gasteiger partial charge < -0.3 is 10.3 Å². The van der Waals surface area contributed by atoms with Gasteiger partial charge in [0.15, 0.2) is 0 Å². The molecule has 0 aromatic carbocycles. The summed E-state index contributed by atoms with van der Waals surface area (Å²) in [5, 5.41) is 0. The molecule has 5 heteroatoms. The molecule has 1 atom stereocenters. The molecule has 0 aliphatic heterocycles. The molecule has 2 N–H and O–H groups in total. The summed E-state index contributed by atoms with van der Waals surface area (Å²) in [4.78, 5) is 8.15. The molecule has 16 heavy (non-hydrogen) atoms. The third-order valence-electron chi connectivity index (χ3n) is 2.44. The summed E-state index contributed by atoms with van der Waals surface area (Å²) in [5.74, 6) is 0.372. The summed E-state index contributed by atoms with van der Waals surface area (Å²) in [5.41, 5.74) is 6.63. The summed E-state index contributed by atoms with van der Waals surface area (Å²) >= 11 is 0. The van der Waals surface area contributed by atoms with E-state index in [2.05, 4.69) is 9.97 Å². The van der Waals surface area contributed by atoms with Crippen LogP contribution < -0.4 is 5.73 Å². The fourth-order valence-corrected chi connectivity index (χ4v) is 1.57. The smallest absolute Gasteiger partial charge is 0.141 e. The molecular weight excluding hydrogens is 207 g/mol. The summed E-state index contributed by atoms with van der Waals surface area (Å²) in [6, 6.07) is 2.51. The average molecular weight is 220 g/mol. The second-order valence-electron chi connectivity index (χ2n) is 3.45. The molecular formula is C11H13FN4. The van der Waals surface area contributed by atoms with Crippen molar-refractivity contribution < 1.29 is 4.39 Å². The SMILES string of the molecule is CCn1ccnc1C(N)c1ccc(F)cn1. The Bertz CT molecular complexity index is 463. The molecule has 2 heterocycles. The van der Waals surface area contributed by atoms with E-state index in [0.29, 0.717) is 5.69 Å². The van der Waals surface area contributed by atoms with Crippen molar-refractivity contribution in [2.45, 2.75) is 19.5 Å². The predicted octanol–water partition coefficient (Wildman–Crippen LogP) is 1.49. The number of nitrogens with zero attached hydrogens (tertiary/aromatic N) is 3. The van der Waals surface area contributed by atoms with Crippen molar-refractivity contribution in [3.63, 3.8) is 0 Å². The Labute approximate surface area is 92.9 Å².